The van der Waals surface area contributed by atoms with Crippen LogP contribution in [0.3, 0.4) is 0 Å². The number of hydrazone groups is 1. The van der Waals surface area contributed by atoms with E-state index >= 15 is 0 Å². The third kappa shape index (κ3) is 5.41. The number of alkyl halides is 4. The van der Waals surface area contributed by atoms with Gasteiger partial charge in [0.2, 0.25) is 0 Å². The minimum Gasteiger partial charge on any atom is -0.428 e. The molecule has 116 valence electrons. The third-order valence-corrected chi connectivity index (χ3v) is 2.16. The first kappa shape index (κ1) is 16.9. The van der Waals surface area contributed by atoms with Crippen LogP contribution in [0.2, 0.25) is 0 Å². The molecule has 0 spiro atoms. The topological polar surface area (TPSA) is 50.7 Å². The lowest BCUT2D eigenvalue weighted by Crippen LogP contribution is -2.33. The molecule has 1 N–H and O–H groups in total. The minimum absolute atomic E-state index is 0.128. The van der Waals surface area contributed by atoms with E-state index in [0.717, 1.165) is 24.3 Å². The van der Waals surface area contributed by atoms with Crippen molar-refractivity contribution in [2.24, 2.45) is 11.0 Å². The van der Waals surface area contributed by atoms with Gasteiger partial charge in [-0.25, -0.2) is 5.43 Å². The number of hydrogen-bond donors (Lipinski definition) is 1. The van der Waals surface area contributed by atoms with E-state index in [1.807, 2.05) is 13.8 Å². The van der Waals surface area contributed by atoms with Crippen molar-refractivity contribution in [1.82, 2.24) is 5.43 Å². The Bertz CT molecular complexity index is 501. The maximum atomic E-state index is 12.7. The summed E-state index contributed by atoms with van der Waals surface area (Å²) in [6.45, 7) is 3.73. The first-order valence-electron chi connectivity index (χ1n) is 6.01. The third-order valence-electron chi connectivity index (χ3n) is 2.16. The Morgan fingerprint density at radius 1 is 1.29 bits per heavy atom. The van der Waals surface area contributed by atoms with Crippen LogP contribution in [0, 0.1) is 5.92 Å². The number of nitrogens with zero attached hydrogens (tertiary/aromatic N) is 1. The molecule has 0 aliphatic heterocycles. The Morgan fingerprint density at radius 3 is 2.33 bits per heavy atom. The number of carbonyl (C=O) groups excluding carboxylic acids is 1. The fourth-order valence-electron chi connectivity index (χ4n) is 1.19. The summed E-state index contributed by atoms with van der Waals surface area (Å²) < 4.78 is 53.1. The maximum absolute atomic E-state index is 12.7. The summed E-state index contributed by atoms with van der Waals surface area (Å²) in [5.41, 5.74) is 2.37. The number of carbonyl (C=O) groups is 1. The second-order valence-corrected chi connectivity index (χ2v) is 4.45. The molecule has 0 fully saturated rings. The lowest BCUT2D eigenvalue weighted by atomic mass is 10.2. The first-order chi connectivity index (χ1) is 9.72. The molecule has 8 heteroatoms. The van der Waals surface area contributed by atoms with Crippen LogP contribution in [-0.2, 0) is 0 Å². The number of rotatable bonds is 6. The van der Waals surface area contributed by atoms with Gasteiger partial charge in [0, 0.05) is 11.8 Å². The van der Waals surface area contributed by atoms with Gasteiger partial charge in [-0.1, -0.05) is 13.8 Å². The van der Waals surface area contributed by atoms with Gasteiger partial charge in [-0.2, -0.15) is 22.7 Å². The molecule has 21 heavy (non-hydrogen) atoms. The van der Waals surface area contributed by atoms with Gasteiger partial charge in [-0.05, 0) is 30.2 Å². The monoisotopic (exact) mass is 306 g/mol. The summed E-state index contributed by atoms with van der Waals surface area (Å²) >= 11 is 0. The Kier molecular flexibility index (Phi) is 5.69. The van der Waals surface area contributed by atoms with Crippen LogP contribution in [0.25, 0.3) is 0 Å². The van der Waals surface area contributed by atoms with Gasteiger partial charge in [-0.15, -0.1) is 0 Å². The summed E-state index contributed by atoms with van der Waals surface area (Å²) in [5.74, 6) is -0.876. The molecule has 0 aliphatic carbocycles. The number of nitrogens with one attached hydrogen (secondary N) is 1. The lowest BCUT2D eigenvalue weighted by Gasteiger charge is -2.16. The Balaban J connectivity index is 2.68. The van der Waals surface area contributed by atoms with Crippen LogP contribution >= 0.6 is 0 Å². The Hall–Kier alpha value is -2.12. The highest BCUT2D eigenvalue weighted by Gasteiger charge is 2.43. The Morgan fingerprint density at radius 2 is 1.86 bits per heavy atom. The lowest BCUT2D eigenvalue weighted by molar-refractivity contribution is -0.253. The van der Waals surface area contributed by atoms with E-state index in [-0.39, 0.29) is 11.5 Å². The standard InChI is InChI=1S/C13H14F4N2O2/c1-8(2)7-18-19-11(20)9-3-5-10(6-4-9)21-13(16,17)12(14)15/h3-8,12H,1-2H3,(H,19,20)/b18-7+. The zero-order valence-electron chi connectivity index (χ0n) is 11.3. The summed E-state index contributed by atoms with van der Waals surface area (Å²) in [6, 6.07) is 4.32. The number of hydrogen-bond acceptors (Lipinski definition) is 3. The van der Waals surface area contributed by atoms with Gasteiger partial charge in [0.1, 0.15) is 5.75 Å². The Labute approximate surface area is 118 Å². The van der Waals surface area contributed by atoms with E-state index in [4.69, 9.17) is 0 Å². The number of amides is 1. The van der Waals surface area contributed by atoms with Crippen molar-refractivity contribution in [2.45, 2.75) is 26.4 Å². The highest BCUT2D eigenvalue weighted by Crippen LogP contribution is 2.27. The van der Waals surface area contributed by atoms with Crippen molar-refractivity contribution >= 4 is 12.1 Å². The second-order valence-electron chi connectivity index (χ2n) is 4.45. The predicted molar refractivity (Wildman–Crippen MR) is 68.8 cm³/mol. The molecule has 0 atom stereocenters. The quantitative estimate of drug-likeness (QED) is 0.498. The number of ether oxygens (including phenoxy) is 1. The van der Waals surface area contributed by atoms with Crippen LogP contribution in [0.4, 0.5) is 17.6 Å². The molecule has 0 aliphatic rings. The number of benzene rings is 1. The van der Waals surface area contributed by atoms with Gasteiger partial charge in [-0.3, -0.25) is 4.79 Å². The smallest absolute Gasteiger partial charge is 0.428 e. The van der Waals surface area contributed by atoms with Crippen LogP contribution in [-0.4, -0.2) is 24.7 Å². The highest BCUT2D eigenvalue weighted by molar-refractivity contribution is 5.94. The SMILES string of the molecule is CC(C)/C=N/NC(=O)c1ccc(OC(F)(F)C(F)F)cc1. The summed E-state index contributed by atoms with van der Waals surface area (Å²) in [7, 11) is 0. The molecule has 0 heterocycles. The molecule has 4 nitrogen and oxygen atoms in total. The van der Waals surface area contributed by atoms with Gasteiger partial charge in [0.25, 0.3) is 5.91 Å². The van der Waals surface area contributed by atoms with E-state index in [1.54, 1.807) is 0 Å². The van der Waals surface area contributed by atoms with Gasteiger partial charge in [0.15, 0.2) is 0 Å². The van der Waals surface area contributed by atoms with Gasteiger partial charge < -0.3 is 4.74 Å². The normalized spacial score (nSPS) is 12.2. The zero-order valence-corrected chi connectivity index (χ0v) is 11.3. The number of halogens is 4. The fraction of sp³-hybridized carbons (Fsp3) is 0.385. The van der Waals surface area contributed by atoms with Gasteiger partial charge >= 0.3 is 12.5 Å². The van der Waals surface area contributed by atoms with Crippen LogP contribution in [0.1, 0.15) is 24.2 Å². The average Bonchev–Trinajstić information content (AvgIpc) is 2.38. The molecule has 0 aromatic heterocycles. The van der Waals surface area contributed by atoms with Crippen molar-refractivity contribution < 1.29 is 27.1 Å². The van der Waals surface area contributed by atoms with E-state index in [9.17, 15) is 22.4 Å². The molecular weight excluding hydrogens is 292 g/mol. The fourth-order valence-corrected chi connectivity index (χ4v) is 1.19. The summed E-state index contributed by atoms with van der Waals surface area (Å²) in [5, 5.41) is 3.68. The molecule has 0 bridgehead atoms. The van der Waals surface area contributed by atoms with Crippen LogP contribution < -0.4 is 10.2 Å². The molecule has 0 radical (unpaired) electrons. The van der Waals surface area contributed by atoms with E-state index in [0.29, 0.717) is 0 Å². The van der Waals surface area contributed by atoms with Crippen molar-refractivity contribution in [2.75, 3.05) is 0 Å². The van der Waals surface area contributed by atoms with Crippen LogP contribution in [0.15, 0.2) is 29.4 Å². The van der Waals surface area contributed by atoms with E-state index < -0.39 is 24.2 Å². The average molecular weight is 306 g/mol. The van der Waals surface area contributed by atoms with Gasteiger partial charge in [0.05, 0.1) is 0 Å². The molecule has 1 aromatic carbocycles. The van der Waals surface area contributed by atoms with Crippen LogP contribution in [0.5, 0.6) is 5.75 Å². The summed E-state index contributed by atoms with van der Waals surface area (Å²) in [4.78, 5) is 11.6. The largest absolute Gasteiger partial charge is 0.461 e. The maximum Gasteiger partial charge on any atom is 0.461 e. The molecule has 1 amide bonds. The molecule has 1 rings (SSSR count). The van der Waals surface area contributed by atoms with Crippen molar-refractivity contribution in [1.29, 1.82) is 0 Å². The predicted octanol–water partition coefficient (Wildman–Crippen LogP) is 3.29. The molecule has 0 unspecified atom stereocenters. The van der Waals surface area contributed by atoms with E-state index in [1.165, 1.54) is 6.21 Å². The first-order valence-corrected chi connectivity index (χ1v) is 6.01. The van der Waals surface area contributed by atoms with Crippen molar-refractivity contribution in [3.8, 4) is 5.75 Å². The highest BCUT2D eigenvalue weighted by atomic mass is 19.3. The second kappa shape index (κ2) is 7.05. The molecule has 1 aromatic rings. The van der Waals surface area contributed by atoms with Crippen molar-refractivity contribution in [3.63, 3.8) is 0 Å². The summed E-state index contributed by atoms with van der Waals surface area (Å²) in [6.07, 6.45) is -7.00. The molecule has 0 saturated carbocycles. The minimum atomic E-state index is -4.58. The van der Waals surface area contributed by atoms with E-state index in [2.05, 4.69) is 15.3 Å². The van der Waals surface area contributed by atoms with Crippen molar-refractivity contribution in [3.05, 3.63) is 29.8 Å². The molecule has 0 saturated heterocycles. The zero-order chi connectivity index (χ0) is 16.0. The molecular formula is C13H14F4N2O2.